The summed E-state index contributed by atoms with van der Waals surface area (Å²) in [5, 5.41) is 0. The molecular formula is C12H15BrIN3OS. The van der Waals surface area contributed by atoms with E-state index >= 15 is 0 Å². The molecule has 0 aliphatic heterocycles. The van der Waals surface area contributed by atoms with Crippen LogP contribution in [0.5, 0.6) is 0 Å². The lowest BCUT2D eigenvalue weighted by Gasteiger charge is -2.10. The van der Waals surface area contributed by atoms with Crippen molar-refractivity contribution in [1.82, 2.24) is 9.55 Å². The van der Waals surface area contributed by atoms with Gasteiger partial charge in [0.1, 0.15) is 5.82 Å². The quantitative estimate of drug-likeness (QED) is 0.410. The minimum Gasteiger partial charge on any atom is -0.328 e. The van der Waals surface area contributed by atoms with Crippen molar-refractivity contribution in [2.24, 2.45) is 5.73 Å². The molecule has 104 valence electrons. The van der Waals surface area contributed by atoms with Gasteiger partial charge in [-0.05, 0) is 25.1 Å². The number of nitrogens with two attached hydrogens (primary N) is 1. The Balaban J connectivity index is 2.36. The van der Waals surface area contributed by atoms with E-state index in [1.165, 1.54) is 9.21 Å². The minimum atomic E-state index is 0.0962. The number of halogens is 2. The van der Waals surface area contributed by atoms with E-state index < -0.39 is 0 Å². The van der Waals surface area contributed by atoms with Crippen LogP contribution >= 0.6 is 46.3 Å². The van der Waals surface area contributed by atoms with Gasteiger partial charge in [0.25, 0.3) is 0 Å². The molecule has 0 amide bonds. The maximum atomic E-state index is 5.90. The molecule has 0 saturated carbocycles. The largest absolute Gasteiger partial charge is 0.328 e. The molecule has 2 N–H and O–H groups in total. The summed E-state index contributed by atoms with van der Waals surface area (Å²) in [6, 6.07) is 6.24. The van der Waals surface area contributed by atoms with Gasteiger partial charge in [-0.3, -0.25) is 0 Å². The topological polar surface area (TPSA) is 53.1 Å². The van der Waals surface area contributed by atoms with E-state index in [4.69, 9.17) is 9.92 Å². The normalized spacial score (nSPS) is 13.1. The summed E-state index contributed by atoms with van der Waals surface area (Å²) in [7, 11) is 1.36. The monoisotopic (exact) mass is 455 g/mol. The highest BCUT2D eigenvalue weighted by atomic mass is 127. The standard InChI is InChI=1S/C12H15BrIN3OS/c1-8(15)6-12-16-10-7-9(13)2-3-11(10)17(12)4-5-18-19-14/h2-3,7-8H,4-6,15H2,1H3. The first-order valence-corrected chi connectivity index (χ1v) is 10.00. The fourth-order valence-corrected chi connectivity index (χ4v) is 3.03. The molecule has 2 aromatic rings. The zero-order valence-corrected chi connectivity index (χ0v) is 15.0. The molecule has 2 rings (SSSR count). The molecular weight excluding hydrogens is 441 g/mol. The third-order valence-corrected chi connectivity index (χ3v) is 4.25. The van der Waals surface area contributed by atoms with Crippen molar-refractivity contribution >= 4 is 57.4 Å². The molecule has 1 heterocycles. The minimum absolute atomic E-state index is 0.0962. The molecule has 7 heteroatoms. The number of aromatic nitrogens is 2. The summed E-state index contributed by atoms with van der Waals surface area (Å²) in [5.41, 5.74) is 8.02. The van der Waals surface area contributed by atoms with Gasteiger partial charge in [-0.15, -0.1) is 0 Å². The van der Waals surface area contributed by atoms with E-state index in [-0.39, 0.29) is 6.04 Å². The van der Waals surface area contributed by atoms with Crippen LogP contribution < -0.4 is 5.73 Å². The predicted octanol–water partition coefficient (Wildman–Crippen LogP) is 3.70. The summed E-state index contributed by atoms with van der Waals surface area (Å²) < 4.78 is 8.58. The number of imidazole rings is 1. The molecule has 0 spiro atoms. The highest BCUT2D eigenvalue weighted by Crippen LogP contribution is 2.22. The molecule has 4 nitrogen and oxygen atoms in total. The number of hydrogen-bond acceptors (Lipinski definition) is 4. The van der Waals surface area contributed by atoms with Crippen molar-refractivity contribution in [3.8, 4) is 0 Å². The Labute approximate surface area is 137 Å². The molecule has 1 unspecified atom stereocenters. The van der Waals surface area contributed by atoms with Gasteiger partial charge in [-0.2, -0.15) is 0 Å². The maximum absolute atomic E-state index is 5.90. The van der Waals surface area contributed by atoms with Crippen LogP contribution in [0.25, 0.3) is 11.0 Å². The highest BCUT2D eigenvalue weighted by Gasteiger charge is 2.12. The van der Waals surface area contributed by atoms with Crippen LogP contribution in [0, 0.1) is 0 Å². The summed E-state index contributed by atoms with van der Waals surface area (Å²) >= 11 is 5.60. The number of hydrogen-bond donors (Lipinski definition) is 1. The fourth-order valence-electron chi connectivity index (χ4n) is 2.01. The lowest BCUT2D eigenvalue weighted by molar-refractivity contribution is 0.353. The molecule has 0 bridgehead atoms. The summed E-state index contributed by atoms with van der Waals surface area (Å²) in [4.78, 5) is 4.68. The van der Waals surface area contributed by atoms with Crippen LogP contribution in [0.2, 0.25) is 0 Å². The Morgan fingerprint density at radius 3 is 3.05 bits per heavy atom. The number of rotatable bonds is 6. The van der Waals surface area contributed by atoms with Crippen LogP contribution in [0.3, 0.4) is 0 Å². The molecule has 1 aromatic heterocycles. The van der Waals surface area contributed by atoms with Gasteiger partial charge in [0.2, 0.25) is 0 Å². The Kier molecular flexibility index (Phi) is 5.94. The van der Waals surface area contributed by atoms with E-state index in [1.54, 1.807) is 0 Å². The highest BCUT2D eigenvalue weighted by molar-refractivity contribution is 14.2. The van der Waals surface area contributed by atoms with E-state index in [2.05, 4.69) is 52.8 Å². The third kappa shape index (κ3) is 4.07. The van der Waals surface area contributed by atoms with Crippen molar-refractivity contribution in [1.29, 1.82) is 0 Å². The van der Waals surface area contributed by atoms with Crippen molar-refractivity contribution < 1.29 is 4.18 Å². The average Bonchev–Trinajstić information content (AvgIpc) is 2.66. The summed E-state index contributed by atoms with van der Waals surface area (Å²) in [6.07, 6.45) is 0.768. The van der Waals surface area contributed by atoms with Crippen LogP contribution in [-0.2, 0) is 17.1 Å². The van der Waals surface area contributed by atoms with E-state index in [0.717, 1.165) is 34.3 Å². The Morgan fingerprint density at radius 2 is 2.37 bits per heavy atom. The van der Waals surface area contributed by atoms with Gasteiger partial charge in [0, 0.05) is 44.7 Å². The summed E-state index contributed by atoms with van der Waals surface area (Å²) in [6.45, 7) is 3.44. The Hall–Kier alpha value is 0.170. The molecule has 0 aliphatic carbocycles. The van der Waals surface area contributed by atoms with Crippen LogP contribution in [0.15, 0.2) is 22.7 Å². The van der Waals surface area contributed by atoms with Gasteiger partial charge in [-0.1, -0.05) is 15.9 Å². The third-order valence-electron chi connectivity index (χ3n) is 2.74. The van der Waals surface area contributed by atoms with Gasteiger partial charge >= 0.3 is 0 Å². The van der Waals surface area contributed by atoms with E-state index in [1.807, 2.05) is 19.1 Å². The second-order valence-electron chi connectivity index (χ2n) is 4.38. The smallest absolute Gasteiger partial charge is 0.111 e. The SMILES string of the molecule is CC(N)Cc1nc2cc(Br)ccc2n1CCOSI. The van der Waals surface area contributed by atoms with Gasteiger partial charge in [0.05, 0.1) is 26.9 Å². The molecule has 1 atom stereocenters. The maximum Gasteiger partial charge on any atom is 0.111 e. The van der Waals surface area contributed by atoms with Crippen molar-refractivity contribution in [3.05, 3.63) is 28.5 Å². The molecule has 0 aliphatic rings. The molecule has 0 radical (unpaired) electrons. The Bertz CT molecular complexity index is 561. The van der Waals surface area contributed by atoms with Crippen molar-refractivity contribution in [3.63, 3.8) is 0 Å². The lowest BCUT2D eigenvalue weighted by Crippen LogP contribution is -2.21. The van der Waals surface area contributed by atoms with Gasteiger partial charge in [-0.25, -0.2) is 4.98 Å². The van der Waals surface area contributed by atoms with Crippen molar-refractivity contribution in [2.75, 3.05) is 6.61 Å². The fraction of sp³-hybridized carbons (Fsp3) is 0.417. The lowest BCUT2D eigenvalue weighted by atomic mass is 10.2. The summed E-state index contributed by atoms with van der Waals surface area (Å²) in [5.74, 6) is 1.02. The van der Waals surface area contributed by atoms with E-state index in [0.29, 0.717) is 6.61 Å². The molecule has 1 aromatic carbocycles. The number of fused-ring (bicyclic) bond motifs is 1. The first-order valence-electron chi connectivity index (χ1n) is 5.92. The van der Waals surface area contributed by atoms with Crippen LogP contribution in [-0.4, -0.2) is 22.2 Å². The number of nitrogens with zero attached hydrogens (tertiary/aromatic N) is 2. The first kappa shape index (κ1) is 15.6. The second kappa shape index (κ2) is 7.26. The van der Waals surface area contributed by atoms with E-state index in [9.17, 15) is 0 Å². The van der Waals surface area contributed by atoms with Crippen molar-refractivity contribution in [2.45, 2.75) is 25.9 Å². The van der Waals surface area contributed by atoms with Gasteiger partial charge in [0.15, 0.2) is 0 Å². The first-order chi connectivity index (χ1) is 9.11. The molecule has 0 fully saturated rings. The Morgan fingerprint density at radius 1 is 1.58 bits per heavy atom. The number of benzene rings is 1. The average molecular weight is 456 g/mol. The second-order valence-corrected chi connectivity index (χ2v) is 6.74. The zero-order valence-electron chi connectivity index (χ0n) is 10.5. The zero-order chi connectivity index (χ0) is 13.8. The van der Waals surface area contributed by atoms with Crippen LogP contribution in [0.4, 0.5) is 0 Å². The van der Waals surface area contributed by atoms with Gasteiger partial charge < -0.3 is 14.5 Å². The van der Waals surface area contributed by atoms with Crippen LogP contribution in [0.1, 0.15) is 12.7 Å². The molecule has 0 saturated heterocycles. The molecule has 19 heavy (non-hydrogen) atoms. The predicted molar refractivity (Wildman–Crippen MR) is 92.3 cm³/mol.